The van der Waals surface area contributed by atoms with E-state index in [1.54, 1.807) is 0 Å². The molecule has 0 unspecified atom stereocenters. The van der Waals surface area contributed by atoms with Crippen molar-refractivity contribution in [1.29, 1.82) is 0 Å². The maximum absolute atomic E-state index is 13.6. The summed E-state index contributed by atoms with van der Waals surface area (Å²) in [5.74, 6) is 2.00. The standard InChI is InChI=1S/C23H32N4O/c1-18-8-10-19(11-9-18)23(28)27(21-12-15-25(2)16-13-21)22-14-17-26(24-22)20-6-4-3-5-7-20/h3-7,14,17-19,21H,8-13,15-16H2,1-2H3. The van der Waals surface area contributed by atoms with Crippen molar-refractivity contribution in [2.75, 3.05) is 25.0 Å². The number of benzene rings is 1. The van der Waals surface area contributed by atoms with Crippen LogP contribution in [0.2, 0.25) is 0 Å². The third kappa shape index (κ3) is 4.14. The van der Waals surface area contributed by atoms with Gasteiger partial charge in [0, 0.05) is 24.2 Å². The van der Waals surface area contributed by atoms with Gasteiger partial charge in [-0.2, -0.15) is 0 Å². The molecular formula is C23H32N4O. The summed E-state index contributed by atoms with van der Waals surface area (Å²) in [7, 11) is 2.16. The van der Waals surface area contributed by atoms with Crippen molar-refractivity contribution in [2.24, 2.45) is 11.8 Å². The highest BCUT2D eigenvalue weighted by atomic mass is 16.2. The van der Waals surface area contributed by atoms with E-state index in [1.165, 1.54) is 0 Å². The minimum absolute atomic E-state index is 0.151. The Morgan fingerprint density at radius 3 is 2.36 bits per heavy atom. The quantitative estimate of drug-likeness (QED) is 0.801. The van der Waals surface area contributed by atoms with Gasteiger partial charge in [0.2, 0.25) is 5.91 Å². The Morgan fingerprint density at radius 2 is 1.68 bits per heavy atom. The Labute approximate surface area is 168 Å². The maximum atomic E-state index is 13.6. The van der Waals surface area contributed by atoms with Gasteiger partial charge in [-0.1, -0.05) is 25.1 Å². The number of carbonyl (C=O) groups excluding carboxylic acids is 1. The lowest BCUT2D eigenvalue weighted by Crippen LogP contribution is -2.49. The molecule has 2 aliphatic rings. The maximum Gasteiger partial charge on any atom is 0.231 e. The molecule has 2 heterocycles. The van der Waals surface area contributed by atoms with Gasteiger partial charge in [-0.25, -0.2) is 4.68 Å². The Morgan fingerprint density at radius 1 is 1.00 bits per heavy atom. The van der Waals surface area contributed by atoms with Crippen molar-refractivity contribution in [1.82, 2.24) is 14.7 Å². The van der Waals surface area contributed by atoms with Gasteiger partial charge in [-0.3, -0.25) is 9.69 Å². The second-order valence-corrected chi connectivity index (χ2v) is 8.65. The summed E-state index contributed by atoms with van der Waals surface area (Å²) in [6.07, 6.45) is 8.37. The Bertz CT molecular complexity index is 771. The number of carbonyl (C=O) groups is 1. The van der Waals surface area contributed by atoms with Crippen molar-refractivity contribution < 1.29 is 4.79 Å². The van der Waals surface area contributed by atoms with Gasteiger partial charge >= 0.3 is 0 Å². The first-order valence-corrected chi connectivity index (χ1v) is 10.7. The van der Waals surface area contributed by atoms with Gasteiger partial charge in [-0.15, -0.1) is 5.10 Å². The van der Waals surface area contributed by atoms with Gasteiger partial charge in [0.15, 0.2) is 5.82 Å². The number of anilines is 1. The second-order valence-electron chi connectivity index (χ2n) is 8.65. The van der Waals surface area contributed by atoms with Crippen LogP contribution >= 0.6 is 0 Å². The lowest BCUT2D eigenvalue weighted by atomic mass is 9.82. The highest BCUT2D eigenvalue weighted by Crippen LogP contribution is 2.33. The van der Waals surface area contributed by atoms with E-state index in [0.717, 1.165) is 69.0 Å². The Hall–Kier alpha value is -2.14. The molecule has 1 aliphatic heterocycles. The molecular weight excluding hydrogens is 348 g/mol. The fourth-order valence-electron chi connectivity index (χ4n) is 4.60. The predicted octanol–water partition coefficient (Wildman–Crippen LogP) is 4.13. The lowest BCUT2D eigenvalue weighted by Gasteiger charge is -2.38. The number of piperidine rings is 1. The van der Waals surface area contributed by atoms with E-state index in [2.05, 4.69) is 18.9 Å². The molecule has 0 radical (unpaired) electrons. The molecule has 150 valence electrons. The molecule has 4 rings (SSSR count). The van der Waals surface area contributed by atoms with Crippen LogP contribution in [0.5, 0.6) is 0 Å². The molecule has 1 aromatic carbocycles. The zero-order chi connectivity index (χ0) is 19.5. The van der Waals surface area contributed by atoms with Crippen molar-refractivity contribution in [2.45, 2.75) is 51.5 Å². The second kappa shape index (κ2) is 8.48. The van der Waals surface area contributed by atoms with Crippen LogP contribution in [0.1, 0.15) is 45.4 Å². The Balaban J connectivity index is 1.60. The van der Waals surface area contributed by atoms with Crippen molar-refractivity contribution in [3.63, 3.8) is 0 Å². The highest BCUT2D eigenvalue weighted by molar-refractivity contribution is 5.94. The van der Waals surface area contributed by atoms with Crippen LogP contribution in [0.25, 0.3) is 5.69 Å². The zero-order valence-corrected chi connectivity index (χ0v) is 17.1. The first kappa shape index (κ1) is 19.2. The summed E-state index contributed by atoms with van der Waals surface area (Å²) in [6, 6.07) is 12.4. The van der Waals surface area contributed by atoms with E-state index in [0.29, 0.717) is 5.91 Å². The van der Waals surface area contributed by atoms with Crippen LogP contribution in [0.4, 0.5) is 5.82 Å². The van der Waals surface area contributed by atoms with Crippen LogP contribution < -0.4 is 4.90 Å². The first-order valence-electron chi connectivity index (χ1n) is 10.7. The monoisotopic (exact) mass is 380 g/mol. The number of nitrogens with zero attached hydrogens (tertiary/aromatic N) is 4. The number of para-hydroxylation sites is 1. The minimum Gasteiger partial charge on any atom is -0.306 e. The molecule has 1 aliphatic carbocycles. The average molecular weight is 381 g/mol. The van der Waals surface area contributed by atoms with E-state index >= 15 is 0 Å². The molecule has 1 saturated heterocycles. The van der Waals surface area contributed by atoms with Gasteiger partial charge in [0.1, 0.15) is 0 Å². The SMILES string of the molecule is CC1CCC(C(=O)N(c2ccn(-c3ccccc3)n2)C2CCN(C)CC2)CC1. The van der Waals surface area contributed by atoms with Crippen LogP contribution in [0, 0.1) is 11.8 Å². The van der Waals surface area contributed by atoms with E-state index in [4.69, 9.17) is 5.10 Å². The summed E-state index contributed by atoms with van der Waals surface area (Å²) in [5.41, 5.74) is 1.02. The minimum atomic E-state index is 0.151. The summed E-state index contributed by atoms with van der Waals surface area (Å²) in [4.78, 5) is 18.0. The van der Waals surface area contributed by atoms with Crippen LogP contribution in [-0.4, -0.2) is 46.8 Å². The highest BCUT2D eigenvalue weighted by Gasteiger charge is 2.35. The topological polar surface area (TPSA) is 41.4 Å². The molecule has 2 fully saturated rings. The van der Waals surface area contributed by atoms with E-state index in [1.807, 2.05) is 52.2 Å². The number of amides is 1. The lowest BCUT2D eigenvalue weighted by molar-refractivity contribution is -0.124. The van der Waals surface area contributed by atoms with Gasteiger partial charge in [0.05, 0.1) is 5.69 Å². The normalized spacial score (nSPS) is 24.2. The third-order valence-electron chi connectivity index (χ3n) is 6.50. The summed E-state index contributed by atoms with van der Waals surface area (Å²) in [5, 5.41) is 4.81. The van der Waals surface area contributed by atoms with Gasteiger partial charge in [-0.05, 0) is 76.7 Å². The van der Waals surface area contributed by atoms with E-state index in [9.17, 15) is 4.79 Å². The average Bonchev–Trinajstić information content (AvgIpc) is 3.20. The Kier molecular flexibility index (Phi) is 5.81. The summed E-state index contributed by atoms with van der Waals surface area (Å²) >= 11 is 0. The third-order valence-corrected chi connectivity index (χ3v) is 6.50. The number of likely N-dealkylation sites (tertiary alicyclic amines) is 1. The first-order chi connectivity index (χ1) is 13.6. The molecule has 1 aromatic heterocycles. The van der Waals surface area contributed by atoms with Gasteiger partial charge in [0.25, 0.3) is 0 Å². The molecule has 2 aromatic rings. The molecule has 0 bridgehead atoms. The zero-order valence-electron chi connectivity index (χ0n) is 17.1. The number of hydrogen-bond acceptors (Lipinski definition) is 3. The van der Waals surface area contributed by atoms with Crippen molar-refractivity contribution in [3.05, 3.63) is 42.6 Å². The largest absolute Gasteiger partial charge is 0.306 e. The molecule has 1 saturated carbocycles. The molecule has 5 heteroatoms. The molecule has 0 N–H and O–H groups in total. The van der Waals surface area contributed by atoms with Gasteiger partial charge < -0.3 is 4.90 Å². The molecule has 5 nitrogen and oxygen atoms in total. The van der Waals surface area contributed by atoms with Crippen molar-refractivity contribution >= 4 is 11.7 Å². The smallest absolute Gasteiger partial charge is 0.231 e. The molecule has 28 heavy (non-hydrogen) atoms. The summed E-state index contributed by atoms with van der Waals surface area (Å²) < 4.78 is 1.88. The fraction of sp³-hybridized carbons (Fsp3) is 0.565. The van der Waals surface area contributed by atoms with E-state index in [-0.39, 0.29) is 12.0 Å². The summed E-state index contributed by atoms with van der Waals surface area (Å²) in [6.45, 7) is 4.38. The van der Waals surface area contributed by atoms with Crippen LogP contribution in [0.15, 0.2) is 42.6 Å². The fourth-order valence-corrected chi connectivity index (χ4v) is 4.60. The number of hydrogen-bond donors (Lipinski definition) is 0. The molecule has 0 spiro atoms. The molecule has 1 amide bonds. The molecule has 0 atom stereocenters. The van der Waals surface area contributed by atoms with Crippen LogP contribution in [-0.2, 0) is 4.79 Å². The van der Waals surface area contributed by atoms with E-state index < -0.39 is 0 Å². The predicted molar refractivity (Wildman–Crippen MR) is 113 cm³/mol. The van der Waals surface area contributed by atoms with Crippen LogP contribution in [0.3, 0.4) is 0 Å². The number of rotatable bonds is 4. The van der Waals surface area contributed by atoms with Crippen molar-refractivity contribution in [3.8, 4) is 5.69 Å². The number of aromatic nitrogens is 2.